The third-order valence-corrected chi connectivity index (χ3v) is 4.91. The molecule has 1 fully saturated rings. The Morgan fingerprint density at radius 3 is 2.73 bits per heavy atom. The van der Waals surface area contributed by atoms with E-state index in [1.807, 2.05) is 6.92 Å². The number of rotatable bonds is 3. The highest BCUT2D eigenvalue weighted by molar-refractivity contribution is 5.85. The van der Waals surface area contributed by atoms with Crippen molar-refractivity contribution in [3.8, 4) is 11.5 Å². The number of H-pyrrole nitrogens is 1. The Kier molecular flexibility index (Phi) is 4.72. The predicted octanol–water partition coefficient (Wildman–Crippen LogP) is 1.91. The molecule has 0 spiro atoms. The second-order valence-corrected chi connectivity index (χ2v) is 6.52. The van der Waals surface area contributed by atoms with Crippen molar-refractivity contribution >= 4 is 23.4 Å². The molecule has 26 heavy (non-hydrogen) atoms. The molecule has 3 N–H and O–H groups in total. The van der Waals surface area contributed by atoms with Gasteiger partial charge in [-0.05, 0) is 38.0 Å². The zero-order valence-corrected chi connectivity index (χ0v) is 15.1. The van der Waals surface area contributed by atoms with Gasteiger partial charge in [-0.25, -0.2) is 0 Å². The fourth-order valence-electron chi connectivity index (χ4n) is 3.50. The molecule has 0 unspecified atom stereocenters. The first-order valence-corrected chi connectivity index (χ1v) is 8.42. The number of benzene rings is 1. The van der Waals surface area contributed by atoms with Crippen molar-refractivity contribution in [2.75, 3.05) is 0 Å². The van der Waals surface area contributed by atoms with Crippen molar-refractivity contribution in [1.29, 1.82) is 0 Å². The number of aromatic amines is 1. The van der Waals surface area contributed by atoms with Gasteiger partial charge in [-0.3, -0.25) is 9.59 Å². The number of nitrogens with one attached hydrogen (secondary N) is 1. The summed E-state index contributed by atoms with van der Waals surface area (Å²) < 4.78 is 6.82. The molecule has 0 aliphatic heterocycles. The van der Waals surface area contributed by atoms with Gasteiger partial charge in [0.25, 0.3) is 5.89 Å². The average Bonchev–Trinajstić information content (AvgIpc) is 3.26. The summed E-state index contributed by atoms with van der Waals surface area (Å²) in [6.07, 6.45) is 3.82. The predicted molar refractivity (Wildman–Crippen MR) is 99.4 cm³/mol. The number of fused-ring (bicyclic) bond motifs is 1. The van der Waals surface area contributed by atoms with E-state index in [0.717, 1.165) is 25.7 Å². The topological polar surface area (TPSA) is 120 Å². The minimum Gasteiger partial charge on any atom is -0.334 e. The molecule has 0 amide bonds. The largest absolute Gasteiger partial charge is 0.334 e. The van der Waals surface area contributed by atoms with E-state index in [1.165, 1.54) is 4.57 Å². The number of hydrogen-bond acceptors (Lipinski definition) is 6. The first-order valence-electron chi connectivity index (χ1n) is 8.42. The highest BCUT2D eigenvalue weighted by atomic mass is 35.5. The number of nitrogens with two attached hydrogens (primary N) is 1. The van der Waals surface area contributed by atoms with Gasteiger partial charge < -0.3 is 19.8 Å². The molecule has 1 aliphatic carbocycles. The van der Waals surface area contributed by atoms with E-state index in [2.05, 4.69) is 15.1 Å². The van der Waals surface area contributed by atoms with Crippen LogP contribution < -0.4 is 16.9 Å². The van der Waals surface area contributed by atoms with Gasteiger partial charge >= 0.3 is 11.1 Å². The number of halogens is 1. The number of aryl methyl sites for hydroxylation is 1. The van der Waals surface area contributed by atoms with Crippen LogP contribution in [0.2, 0.25) is 0 Å². The Hall–Kier alpha value is -2.45. The molecule has 0 saturated heterocycles. The molecular formula is C17H20ClN5O3. The van der Waals surface area contributed by atoms with Crippen molar-refractivity contribution in [1.82, 2.24) is 19.7 Å². The summed E-state index contributed by atoms with van der Waals surface area (Å²) in [4.78, 5) is 30.8. The Labute approximate surface area is 154 Å². The smallest absolute Gasteiger partial charge is 0.316 e. The standard InChI is InChI=1S/C17H19N5O3.ClH/c1-2-22-12-6-5-10(9-11(12)19-13(23)15(22)24)14-20-16(21-25-14)17(18)7-3-4-8-17;/h5-6,9H,2-4,7-8,18H2,1H3,(H,19,23);1H. The summed E-state index contributed by atoms with van der Waals surface area (Å²) in [5.41, 5.74) is 6.51. The molecule has 9 heteroatoms. The van der Waals surface area contributed by atoms with Crippen LogP contribution in [-0.2, 0) is 12.1 Å². The fraction of sp³-hybridized carbons (Fsp3) is 0.412. The maximum absolute atomic E-state index is 11.9. The first kappa shape index (κ1) is 18.3. The van der Waals surface area contributed by atoms with Crippen molar-refractivity contribution in [3.63, 3.8) is 0 Å². The number of aromatic nitrogens is 4. The van der Waals surface area contributed by atoms with E-state index < -0.39 is 16.7 Å². The van der Waals surface area contributed by atoms with Crippen LogP contribution in [0, 0.1) is 0 Å². The molecule has 1 saturated carbocycles. The molecule has 0 radical (unpaired) electrons. The lowest BCUT2D eigenvalue weighted by Crippen LogP contribution is -2.35. The SMILES string of the molecule is CCn1c(=O)c(=O)[nH]c2cc(-c3nc(C4(N)CCCC4)no3)ccc21.Cl. The Morgan fingerprint density at radius 2 is 2.04 bits per heavy atom. The quantitative estimate of drug-likeness (QED) is 0.673. The van der Waals surface area contributed by atoms with Crippen LogP contribution in [0.15, 0.2) is 32.3 Å². The van der Waals surface area contributed by atoms with Crippen LogP contribution in [0.25, 0.3) is 22.5 Å². The fourth-order valence-corrected chi connectivity index (χ4v) is 3.50. The second kappa shape index (κ2) is 6.69. The van der Waals surface area contributed by atoms with E-state index >= 15 is 0 Å². The van der Waals surface area contributed by atoms with Gasteiger partial charge in [0.1, 0.15) is 0 Å². The molecule has 2 heterocycles. The highest BCUT2D eigenvalue weighted by Crippen LogP contribution is 2.35. The molecule has 1 aliphatic rings. The van der Waals surface area contributed by atoms with Gasteiger partial charge in [-0.2, -0.15) is 4.98 Å². The molecule has 1 aromatic carbocycles. The van der Waals surface area contributed by atoms with E-state index in [-0.39, 0.29) is 12.4 Å². The van der Waals surface area contributed by atoms with Crippen LogP contribution in [0.5, 0.6) is 0 Å². The zero-order chi connectivity index (χ0) is 17.6. The lowest BCUT2D eigenvalue weighted by atomic mass is 9.99. The summed E-state index contributed by atoms with van der Waals surface area (Å²) in [7, 11) is 0. The van der Waals surface area contributed by atoms with Crippen molar-refractivity contribution in [3.05, 3.63) is 44.7 Å². The van der Waals surface area contributed by atoms with Crippen LogP contribution in [0.4, 0.5) is 0 Å². The summed E-state index contributed by atoms with van der Waals surface area (Å²) in [6.45, 7) is 2.24. The zero-order valence-electron chi connectivity index (χ0n) is 14.3. The summed E-state index contributed by atoms with van der Waals surface area (Å²) >= 11 is 0. The molecule has 4 rings (SSSR count). The van der Waals surface area contributed by atoms with Gasteiger partial charge in [0.15, 0.2) is 5.82 Å². The molecule has 0 bridgehead atoms. The minimum atomic E-state index is -0.649. The first-order chi connectivity index (χ1) is 12.0. The summed E-state index contributed by atoms with van der Waals surface area (Å²) in [6, 6.07) is 5.29. The molecular weight excluding hydrogens is 358 g/mol. The molecule has 8 nitrogen and oxygen atoms in total. The maximum Gasteiger partial charge on any atom is 0.316 e. The second-order valence-electron chi connectivity index (χ2n) is 6.52. The number of nitrogens with zero attached hydrogens (tertiary/aromatic N) is 3. The molecule has 0 atom stereocenters. The van der Waals surface area contributed by atoms with Gasteiger partial charge in [0.2, 0.25) is 0 Å². The minimum absolute atomic E-state index is 0. The molecule has 2 aromatic heterocycles. The van der Waals surface area contributed by atoms with Crippen LogP contribution in [0.1, 0.15) is 38.4 Å². The van der Waals surface area contributed by atoms with Crippen molar-refractivity contribution < 1.29 is 4.52 Å². The molecule has 3 aromatic rings. The monoisotopic (exact) mass is 377 g/mol. The Bertz CT molecular complexity index is 1060. The van der Waals surface area contributed by atoms with Gasteiger partial charge in [-0.15, -0.1) is 12.4 Å². The van der Waals surface area contributed by atoms with Gasteiger partial charge in [0, 0.05) is 12.1 Å². The maximum atomic E-state index is 11.9. The van der Waals surface area contributed by atoms with Crippen LogP contribution in [0.3, 0.4) is 0 Å². The third-order valence-electron chi connectivity index (χ3n) is 4.91. The Balaban J connectivity index is 0.00000196. The normalized spacial score (nSPS) is 15.9. The highest BCUT2D eigenvalue weighted by Gasteiger charge is 2.36. The lowest BCUT2D eigenvalue weighted by molar-refractivity contribution is 0.372. The Morgan fingerprint density at radius 1 is 1.31 bits per heavy atom. The van der Waals surface area contributed by atoms with Crippen molar-refractivity contribution in [2.45, 2.75) is 44.7 Å². The average molecular weight is 378 g/mol. The van der Waals surface area contributed by atoms with E-state index in [9.17, 15) is 9.59 Å². The van der Waals surface area contributed by atoms with Crippen LogP contribution >= 0.6 is 12.4 Å². The molecule has 138 valence electrons. The van der Waals surface area contributed by atoms with Gasteiger partial charge in [-0.1, -0.05) is 18.0 Å². The van der Waals surface area contributed by atoms with Crippen molar-refractivity contribution in [2.24, 2.45) is 5.73 Å². The van der Waals surface area contributed by atoms with Gasteiger partial charge in [0.05, 0.1) is 16.6 Å². The summed E-state index contributed by atoms with van der Waals surface area (Å²) in [5.74, 6) is 0.871. The summed E-state index contributed by atoms with van der Waals surface area (Å²) in [5, 5.41) is 4.05. The van der Waals surface area contributed by atoms with Crippen LogP contribution in [-0.4, -0.2) is 19.7 Å². The van der Waals surface area contributed by atoms with E-state index in [1.54, 1.807) is 18.2 Å². The number of hydrogen-bond donors (Lipinski definition) is 2. The third kappa shape index (κ3) is 2.85. The van der Waals surface area contributed by atoms with E-state index in [0.29, 0.717) is 34.9 Å². The van der Waals surface area contributed by atoms with E-state index in [4.69, 9.17) is 10.3 Å². The lowest BCUT2D eigenvalue weighted by Gasteiger charge is -2.17.